The summed E-state index contributed by atoms with van der Waals surface area (Å²) in [4.78, 5) is 0. The maximum atomic E-state index is 6.08. The maximum Gasteiger partial charge on any atom is 0.0710 e. The maximum absolute atomic E-state index is 6.08. The second-order valence-corrected chi connectivity index (χ2v) is 5.84. The van der Waals surface area contributed by atoms with Crippen molar-refractivity contribution < 1.29 is 0 Å². The molecule has 0 heterocycles. The van der Waals surface area contributed by atoms with Crippen LogP contribution in [0.5, 0.6) is 0 Å². The third-order valence-corrected chi connectivity index (χ3v) is 4.04. The fraction of sp³-hybridized carbons (Fsp3) is 0.294. The first kappa shape index (κ1) is 15.0. The summed E-state index contributed by atoms with van der Waals surface area (Å²) in [6.07, 6.45) is 0. The Hall–Kier alpha value is -1.35. The minimum absolute atomic E-state index is 0.0211. The van der Waals surface area contributed by atoms with Crippen LogP contribution in [0.15, 0.2) is 42.5 Å². The summed E-state index contributed by atoms with van der Waals surface area (Å²) in [5, 5.41) is 0.777. The average Bonchev–Trinajstić information content (AvgIpc) is 2.44. The van der Waals surface area contributed by atoms with Crippen LogP contribution in [0.3, 0.4) is 0 Å². The van der Waals surface area contributed by atoms with E-state index in [9.17, 15) is 0 Å². The number of nitrogens with two attached hydrogens (primary N) is 1. The highest BCUT2D eigenvalue weighted by Gasteiger charge is 2.13. The number of rotatable bonds is 4. The zero-order chi connectivity index (χ0) is 14.7. The van der Waals surface area contributed by atoms with Crippen molar-refractivity contribution in [3.63, 3.8) is 0 Å². The first-order valence-electron chi connectivity index (χ1n) is 6.85. The van der Waals surface area contributed by atoms with E-state index < -0.39 is 0 Å². The summed E-state index contributed by atoms with van der Waals surface area (Å²) >= 11 is 6.08. The molecule has 20 heavy (non-hydrogen) atoms. The Morgan fingerprint density at radius 2 is 1.50 bits per heavy atom. The molecule has 0 aliphatic rings. The molecule has 3 N–H and O–H groups in total. The molecule has 0 aliphatic carbocycles. The molecular formula is C17H21ClN2. The van der Waals surface area contributed by atoms with Crippen molar-refractivity contribution in [3.05, 3.63) is 69.7 Å². The Balaban J connectivity index is 2.33. The number of hydrazine groups is 1. The molecule has 2 aromatic rings. The topological polar surface area (TPSA) is 38.0 Å². The van der Waals surface area contributed by atoms with Crippen molar-refractivity contribution in [1.29, 1.82) is 0 Å². The largest absolute Gasteiger partial charge is 0.271 e. The highest BCUT2D eigenvalue weighted by atomic mass is 35.5. The van der Waals surface area contributed by atoms with Gasteiger partial charge in [0.25, 0.3) is 0 Å². The first-order chi connectivity index (χ1) is 9.52. The Morgan fingerprint density at radius 3 is 2.00 bits per heavy atom. The van der Waals surface area contributed by atoms with Gasteiger partial charge in [0.1, 0.15) is 0 Å². The van der Waals surface area contributed by atoms with Gasteiger partial charge in [-0.3, -0.25) is 5.84 Å². The average molecular weight is 289 g/mol. The van der Waals surface area contributed by atoms with Gasteiger partial charge < -0.3 is 0 Å². The second-order valence-electron chi connectivity index (χ2n) is 5.43. The van der Waals surface area contributed by atoms with E-state index in [0.717, 1.165) is 21.7 Å². The minimum Gasteiger partial charge on any atom is -0.271 e. The van der Waals surface area contributed by atoms with Crippen LogP contribution in [-0.2, 0) is 0 Å². The summed E-state index contributed by atoms with van der Waals surface area (Å²) in [5.41, 5.74) is 7.54. The van der Waals surface area contributed by atoms with Gasteiger partial charge in [0, 0.05) is 5.02 Å². The second kappa shape index (κ2) is 6.40. The summed E-state index contributed by atoms with van der Waals surface area (Å²) in [6, 6.07) is 14.6. The predicted molar refractivity (Wildman–Crippen MR) is 85.9 cm³/mol. The van der Waals surface area contributed by atoms with Crippen LogP contribution in [0.1, 0.15) is 48.1 Å². The van der Waals surface area contributed by atoms with Gasteiger partial charge in [-0.25, -0.2) is 5.43 Å². The van der Waals surface area contributed by atoms with Gasteiger partial charge in [0.15, 0.2) is 0 Å². The molecule has 0 aliphatic heterocycles. The van der Waals surface area contributed by atoms with Crippen molar-refractivity contribution in [2.75, 3.05) is 0 Å². The molecule has 2 aromatic carbocycles. The fourth-order valence-corrected chi connectivity index (χ4v) is 2.42. The van der Waals surface area contributed by atoms with Crippen LogP contribution in [0.4, 0.5) is 0 Å². The smallest absolute Gasteiger partial charge is 0.0710 e. The molecule has 0 saturated carbocycles. The Bertz CT molecular complexity index is 576. The standard InChI is InChI=1S/C17H21ClN2/c1-11(2)13-4-6-14(7-5-13)17(20-19)15-8-9-16(18)12(3)10-15/h4-11,17,20H,19H2,1-3H3. The van der Waals surface area contributed by atoms with E-state index in [0.29, 0.717) is 5.92 Å². The van der Waals surface area contributed by atoms with Gasteiger partial charge in [0.2, 0.25) is 0 Å². The molecule has 3 heteroatoms. The lowest BCUT2D eigenvalue weighted by Gasteiger charge is -2.18. The Kier molecular flexibility index (Phi) is 4.81. The lowest BCUT2D eigenvalue weighted by Crippen LogP contribution is -2.28. The fourth-order valence-electron chi connectivity index (χ4n) is 2.31. The first-order valence-corrected chi connectivity index (χ1v) is 7.22. The normalized spacial score (nSPS) is 12.7. The van der Waals surface area contributed by atoms with Crippen molar-refractivity contribution >= 4 is 11.6 Å². The molecule has 1 atom stereocenters. The zero-order valence-corrected chi connectivity index (χ0v) is 12.9. The highest BCUT2D eigenvalue weighted by molar-refractivity contribution is 6.31. The van der Waals surface area contributed by atoms with Crippen molar-refractivity contribution in [1.82, 2.24) is 5.43 Å². The number of hydrogen-bond acceptors (Lipinski definition) is 2. The summed E-state index contributed by atoms with van der Waals surface area (Å²) in [7, 11) is 0. The van der Waals surface area contributed by atoms with E-state index in [4.69, 9.17) is 17.4 Å². The monoisotopic (exact) mass is 288 g/mol. The molecule has 0 aromatic heterocycles. The molecule has 0 amide bonds. The Labute approximate surface area is 125 Å². The molecule has 1 unspecified atom stereocenters. The lowest BCUT2D eigenvalue weighted by molar-refractivity contribution is 0.636. The molecule has 0 fully saturated rings. The molecule has 0 radical (unpaired) electrons. The third-order valence-electron chi connectivity index (χ3n) is 3.62. The Morgan fingerprint density at radius 1 is 0.950 bits per heavy atom. The van der Waals surface area contributed by atoms with E-state index in [1.807, 2.05) is 19.1 Å². The minimum atomic E-state index is -0.0211. The van der Waals surface area contributed by atoms with Crippen LogP contribution in [0, 0.1) is 6.92 Å². The van der Waals surface area contributed by atoms with Gasteiger partial charge in [-0.15, -0.1) is 0 Å². The van der Waals surface area contributed by atoms with Gasteiger partial charge in [-0.1, -0.05) is 61.8 Å². The van der Waals surface area contributed by atoms with Gasteiger partial charge in [-0.05, 0) is 41.2 Å². The van der Waals surface area contributed by atoms with Crippen LogP contribution < -0.4 is 11.3 Å². The highest BCUT2D eigenvalue weighted by Crippen LogP contribution is 2.26. The van der Waals surface area contributed by atoms with Gasteiger partial charge in [0.05, 0.1) is 6.04 Å². The van der Waals surface area contributed by atoms with Crippen molar-refractivity contribution in [2.45, 2.75) is 32.7 Å². The van der Waals surface area contributed by atoms with Crippen molar-refractivity contribution in [2.24, 2.45) is 5.84 Å². The van der Waals surface area contributed by atoms with Crippen LogP contribution in [0.25, 0.3) is 0 Å². The van der Waals surface area contributed by atoms with Gasteiger partial charge in [-0.2, -0.15) is 0 Å². The van der Waals surface area contributed by atoms with E-state index in [1.165, 1.54) is 5.56 Å². The molecule has 106 valence electrons. The zero-order valence-electron chi connectivity index (χ0n) is 12.2. The van der Waals surface area contributed by atoms with Crippen molar-refractivity contribution in [3.8, 4) is 0 Å². The summed E-state index contributed by atoms with van der Waals surface area (Å²) in [5.74, 6) is 6.27. The van der Waals surface area contributed by atoms with E-state index >= 15 is 0 Å². The number of halogens is 1. The van der Waals surface area contributed by atoms with Gasteiger partial charge >= 0.3 is 0 Å². The number of hydrogen-bond donors (Lipinski definition) is 2. The van der Waals surface area contributed by atoms with Crippen LogP contribution in [0.2, 0.25) is 5.02 Å². The number of benzene rings is 2. The van der Waals surface area contributed by atoms with E-state index in [-0.39, 0.29) is 6.04 Å². The summed E-state index contributed by atoms with van der Waals surface area (Å²) in [6.45, 7) is 6.38. The van der Waals surface area contributed by atoms with Crippen LogP contribution in [-0.4, -0.2) is 0 Å². The molecule has 0 bridgehead atoms. The molecular weight excluding hydrogens is 268 g/mol. The lowest BCUT2D eigenvalue weighted by atomic mass is 9.95. The predicted octanol–water partition coefficient (Wildman–Crippen LogP) is 4.32. The van der Waals surface area contributed by atoms with Crippen LogP contribution >= 0.6 is 11.6 Å². The molecule has 0 spiro atoms. The molecule has 2 nitrogen and oxygen atoms in total. The van der Waals surface area contributed by atoms with E-state index in [2.05, 4.69) is 49.6 Å². The SMILES string of the molecule is Cc1cc(C(NN)c2ccc(C(C)C)cc2)ccc1Cl. The molecule has 2 rings (SSSR count). The van der Waals surface area contributed by atoms with E-state index in [1.54, 1.807) is 0 Å². The molecule has 0 saturated heterocycles. The quantitative estimate of drug-likeness (QED) is 0.649. The summed E-state index contributed by atoms with van der Waals surface area (Å²) < 4.78 is 0. The number of aryl methyl sites for hydroxylation is 1. The third kappa shape index (κ3) is 3.21. The number of nitrogens with one attached hydrogen (secondary N) is 1.